The van der Waals surface area contributed by atoms with E-state index in [1.54, 1.807) is 0 Å². The van der Waals surface area contributed by atoms with Crippen LogP contribution in [0.15, 0.2) is 24.4 Å². The van der Waals surface area contributed by atoms with Gasteiger partial charge in [0.2, 0.25) is 0 Å². The Labute approximate surface area is 97.9 Å². The van der Waals surface area contributed by atoms with Crippen LogP contribution in [0.3, 0.4) is 0 Å². The average Bonchev–Trinajstić information content (AvgIpc) is 2.31. The zero-order chi connectivity index (χ0) is 11.4. The Morgan fingerprint density at radius 1 is 1.38 bits per heavy atom. The van der Waals surface area contributed by atoms with Crippen molar-refractivity contribution in [1.82, 2.24) is 15.2 Å². The molecule has 88 valence electrons. The van der Waals surface area contributed by atoms with Crippen LogP contribution in [0.2, 0.25) is 0 Å². The molecule has 3 heteroatoms. The quantitative estimate of drug-likeness (QED) is 0.840. The molecule has 16 heavy (non-hydrogen) atoms. The summed E-state index contributed by atoms with van der Waals surface area (Å²) in [6, 6.07) is 7.10. The van der Waals surface area contributed by atoms with E-state index in [-0.39, 0.29) is 0 Å². The Morgan fingerprint density at radius 2 is 2.25 bits per heavy atom. The highest BCUT2D eigenvalue weighted by Gasteiger charge is 2.27. The Morgan fingerprint density at radius 3 is 2.81 bits per heavy atom. The molecule has 2 atom stereocenters. The fraction of sp³-hybridized carbons (Fsp3) is 0.615. The molecule has 1 aliphatic heterocycles. The smallest absolute Gasteiger partial charge is 0.0670 e. The SMILES string of the molecule is CN(C)C(c1ccccn1)C1CCCCN1. The first-order chi connectivity index (χ1) is 7.79. The van der Waals surface area contributed by atoms with Gasteiger partial charge in [0, 0.05) is 12.2 Å². The van der Waals surface area contributed by atoms with Gasteiger partial charge in [-0.15, -0.1) is 0 Å². The molecule has 1 aromatic heterocycles. The molecular formula is C13H21N3. The van der Waals surface area contributed by atoms with Gasteiger partial charge in [-0.1, -0.05) is 12.5 Å². The number of piperidine rings is 1. The number of rotatable bonds is 3. The first kappa shape index (κ1) is 11.6. The van der Waals surface area contributed by atoms with E-state index in [9.17, 15) is 0 Å². The summed E-state index contributed by atoms with van der Waals surface area (Å²) >= 11 is 0. The first-order valence-electron chi connectivity index (χ1n) is 6.10. The van der Waals surface area contributed by atoms with Crippen LogP contribution >= 0.6 is 0 Å². The topological polar surface area (TPSA) is 28.2 Å². The number of pyridine rings is 1. The van der Waals surface area contributed by atoms with Crippen LogP contribution in [0.4, 0.5) is 0 Å². The maximum absolute atomic E-state index is 4.49. The van der Waals surface area contributed by atoms with Crippen molar-refractivity contribution in [2.75, 3.05) is 20.6 Å². The van der Waals surface area contributed by atoms with Gasteiger partial charge in [0.15, 0.2) is 0 Å². The molecule has 0 amide bonds. The largest absolute Gasteiger partial charge is 0.312 e. The molecule has 0 saturated carbocycles. The van der Waals surface area contributed by atoms with E-state index in [4.69, 9.17) is 0 Å². The van der Waals surface area contributed by atoms with E-state index < -0.39 is 0 Å². The van der Waals surface area contributed by atoms with Crippen molar-refractivity contribution >= 4 is 0 Å². The van der Waals surface area contributed by atoms with Crippen molar-refractivity contribution in [3.05, 3.63) is 30.1 Å². The molecule has 0 aromatic carbocycles. The molecule has 0 bridgehead atoms. The summed E-state index contributed by atoms with van der Waals surface area (Å²) in [6.45, 7) is 1.14. The highest BCUT2D eigenvalue weighted by atomic mass is 15.2. The summed E-state index contributed by atoms with van der Waals surface area (Å²) in [7, 11) is 4.27. The molecule has 0 aliphatic carbocycles. The van der Waals surface area contributed by atoms with E-state index in [1.807, 2.05) is 12.3 Å². The molecule has 2 rings (SSSR count). The lowest BCUT2D eigenvalue weighted by Crippen LogP contribution is -2.44. The lowest BCUT2D eigenvalue weighted by atomic mass is 9.94. The molecule has 0 spiro atoms. The van der Waals surface area contributed by atoms with E-state index in [0.29, 0.717) is 12.1 Å². The molecule has 1 N–H and O–H groups in total. The highest BCUT2D eigenvalue weighted by molar-refractivity contribution is 5.11. The summed E-state index contributed by atoms with van der Waals surface area (Å²) in [5, 5.41) is 3.62. The predicted octanol–water partition coefficient (Wildman–Crippen LogP) is 1.83. The van der Waals surface area contributed by atoms with Gasteiger partial charge in [-0.25, -0.2) is 0 Å². The number of aromatic nitrogens is 1. The molecule has 2 heterocycles. The van der Waals surface area contributed by atoms with Crippen molar-refractivity contribution in [3.8, 4) is 0 Å². The van der Waals surface area contributed by atoms with Crippen molar-refractivity contribution < 1.29 is 0 Å². The third kappa shape index (κ3) is 2.60. The third-order valence-corrected chi connectivity index (χ3v) is 3.28. The lowest BCUT2D eigenvalue weighted by Gasteiger charge is -2.35. The first-order valence-corrected chi connectivity index (χ1v) is 6.10. The average molecular weight is 219 g/mol. The zero-order valence-corrected chi connectivity index (χ0v) is 10.2. The molecule has 2 unspecified atom stereocenters. The number of nitrogens with one attached hydrogen (secondary N) is 1. The van der Waals surface area contributed by atoms with Crippen LogP contribution in [0.25, 0.3) is 0 Å². The molecule has 3 nitrogen and oxygen atoms in total. The standard InChI is InChI=1S/C13H21N3/c1-16(2)13(11-7-3-5-9-14-11)12-8-4-6-10-15-12/h3,5,7,9,12-13,15H,4,6,8,10H2,1-2H3. The van der Waals surface area contributed by atoms with Gasteiger partial charge in [0.05, 0.1) is 11.7 Å². The third-order valence-electron chi connectivity index (χ3n) is 3.28. The normalized spacial score (nSPS) is 23.3. The Bertz CT molecular complexity index is 304. The maximum Gasteiger partial charge on any atom is 0.0670 e. The summed E-state index contributed by atoms with van der Waals surface area (Å²) in [5.41, 5.74) is 1.17. The fourth-order valence-corrected chi connectivity index (χ4v) is 2.53. The summed E-state index contributed by atoms with van der Waals surface area (Å²) < 4.78 is 0. The molecular weight excluding hydrogens is 198 g/mol. The monoisotopic (exact) mass is 219 g/mol. The van der Waals surface area contributed by atoms with Gasteiger partial charge in [-0.05, 0) is 45.6 Å². The zero-order valence-electron chi connectivity index (χ0n) is 10.2. The number of hydrogen-bond donors (Lipinski definition) is 1. The minimum atomic E-state index is 0.390. The van der Waals surface area contributed by atoms with E-state index >= 15 is 0 Å². The van der Waals surface area contributed by atoms with E-state index in [0.717, 1.165) is 6.54 Å². The van der Waals surface area contributed by atoms with Crippen molar-refractivity contribution in [2.24, 2.45) is 0 Å². The maximum atomic E-state index is 4.49. The van der Waals surface area contributed by atoms with E-state index in [1.165, 1.54) is 25.0 Å². The number of hydrogen-bond acceptors (Lipinski definition) is 3. The summed E-state index contributed by atoms with van der Waals surface area (Å²) in [4.78, 5) is 6.76. The second-order valence-corrected chi connectivity index (χ2v) is 4.72. The molecule has 1 aliphatic rings. The van der Waals surface area contributed by atoms with Gasteiger partial charge in [0.1, 0.15) is 0 Å². The Kier molecular flexibility index (Phi) is 3.91. The Balaban J connectivity index is 2.16. The lowest BCUT2D eigenvalue weighted by molar-refractivity contribution is 0.201. The minimum Gasteiger partial charge on any atom is -0.312 e. The van der Waals surface area contributed by atoms with Crippen LogP contribution in [-0.4, -0.2) is 36.6 Å². The van der Waals surface area contributed by atoms with Crippen molar-refractivity contribution in [3.63, 3.8) is 0 Å². The molecule has 1 aromatic rings. The van der Waals surface area contributed by atoms with Crippen LogP contribution in [0.1, 0.15) is 31.0 Å². The van der Waals surface area contributed by atoms with Crippen LogP contribution in [0.5, 0.6) is 0 Å². The van der Waals surface area contributed by atoms with Gasteiger partial charge in [0.25, 0.3) is 0 Å². The molecule has 1 fully saturated rings. The second kappa shape index (κ2) is 5.41. The number of nitrogens with zero attached hydrogens (tertiary/aromatic N) is 2. The van der Waals surface area contributed by atoms with Gasteiger partial charge in [-0.2, -0.15) is 0 Å². The number of likely N-dealkylation sites (N-methyl/N-ethyl adjacent to an activating group) is 1. The molecule has 1 saturated heterocycles. The predicted molar refractivity (Wildman–Crippen MR) is 66.3 cm³/mol. The summed E-state index contributed by atoms with van der Waals surface area (Å²) in [6.07, 6.45) is 5.77. The van der Waals surface area contributed by atoms with Crippen LogP contribution in [-0.2, 0) is 0 Å². The van der Waals surface area contributed by atoms with Crippen molar-refractivity contribution in [2.45, 2.75) is 31.3 Å². The highest BCUT2D eigenvalue weighted by Crippen LogP contribution is 2.25. The fourth-order valence-electron chi connectivity index (χ4n) is 2.53. The summed E-state index contributed by atoms with van der Waals surface area (Å²) in [5.74, 6) is 0. The van der Waals surface area contributed by atoms with Crippen LogP contribution < -0.4 is 5.32 Å². The van der Waals surface area contributed by atoms with Crippen LogP contribution in [0, 0.1) is 0 Å². The molecule has 0 radical (unpaired) electrons. The Hall–Kier alpha value is -0.930. The second-order valence-electron chi connectivity index (χ2n) is 4.72. The van der Waals surface area contributed by atoms with Gasteiger partial charge in [-0.3, -0.25) is 9.88 Å². The van der Waals surface area contributed by atoms with Gasteiger partial charge >= 0.3 is 0 Å². The minimum absolute atomic E-state index is 0.390. The van der Waals surface area contributed by atoms with Gasteiger partial charge < -0.3 is 5.32 Å². The van der Waals surface area contributed by atoms with Crippen molar-refractivity contribution in [1.29, 1.82) is 0 Å². The van der Waals surface area contributed by atoms with E-state index in [2.05, 4.69) is 41.4 Å².